The van der Waals surface area contributed by atoms with Crippen molar-refractivity contribution < 1.29 is 14.3 Å². The van der Waals surface area contributed by atoms with Gasteiger partial charge < -0.3 is 21.1 Å². The van der Waals surface area contributed by atoms with E-state index in [1.807, 2.05) is 37.3 Å². The SMILES string of the molecule is CCNC(=O)COc1ccc(NC(=O)C(N)Cc2ccccc2)cc1.Cl. The first-order chi connectivity index (χ1) is 12.1. The Morgan fingerprint density at radius 1 is 1.08 bits per heavy atom. The quantitative estimate of drug-likeness (QED) is 0.657. The zero-order valence-corrected chi connectivity index (χ0v) is 15.4. The summed E-state index contributed by atoms with van der Waals surface area (Å²) in [5.41, 5.74) is 7.59. The third-order valence-electron chi connectivity index (χ3n) is 3.50. The number of anilines is 1. The molecule has 4 N–H and O–H groups in total. The molecule has 0 heterocycles. The molecule has 0 spiro atoms. The van der Waals surface area contributed by atoms with E-state index in [0.717, 1.165) is 5.56 Å². The highest BCUT2D eigenvalue weighted by Crippen LogP contribution is 2.16. The monoisotopic (exact) mass is 377 g/mol. The second-order valence-electron chi connectivity index (χ2n) is 5.55. The van der Waals surface area contributed by atoms with Crippen LogP contribution < -0.4 is 21.1 Å². The van der Waals surface area contributed by atoms with Crippen LogP contribution in [0.25, 0.3) is 0 Å². The van der Waals surface area contributed by atoms with Gasteiger partial charge in [0.1, 0.15) is 5.75 Å². The number of amides is 2. The molecule has 140 valence electrons. The van der Waals surface area contributed by atoms with E-state index in [9.17, 15) is 9.59 Å². The maximum Gasteiger partial charge on any atom is 0.257 e. The smallest absolute Gasteiger partial charge is 0.257 e. The predicted molar refractivity (Wildman–Crippen MR) is 105 cm³/mol. The predicted octanol–water partition coefficient (Wildman–Crippen LogP) is 2.13. The highest BCUT2D eigenvalue weighted by Gasteiger charge is 2.14. The lowest BCUT2D eigenvalue weighted by molar-refractivity contribution is -0.123. The van der Waals surface area contributed by atoms with Crippen molar-refractivity contribution in [1.29, 1.82) is 0 Å². The third-order valence-corrected chi connectivity index (χ3v) is 3.50. The molecule has 26 heavy (non-hydrogen) atoms. The number of benzene rings is 2. The first kappa shape index (κ1) is 21.5. The lowest BCUT2D eigenvalue weighted by Gasteiger charge is -2.13. The lowest BCUT2D eigenvalue weighted by atomic mass is 10.1. The fourth-order valence-electron chi connectivity index (χ4n) is 2.23. The van der Waals surface area contributed by atoms with Crippen molar-refractivity contribution in [2.75, 3.05) is 18.5 Å². The van der Waals surface area contributed by atoms with Crippen molar-refractivity contribution >= 4 is 29.9 Å². The largest absolute Gasteiger partial charge is 0.484 e. The zero-order chi connectivity index (χ0) is 18.1. The van der Waals surface area contributed by atoms with Gasteiger partial charge in [0.05, 0.1) is 6.04 Å². The molecule has 0 aliphatic carbocycles. The highest BCUT2D eigenvalue weighted by atomic mass is 35.5. The van der Waals surface area contributed by atoms with Crippen LogP contribution in [0.15, 0.2) is 54.6 Å². The highest BCUT2D eigenvalue weighted by molar-refractivity contribution is 5.94. The molecule has 0 bridgehead atoms. The number of rotatable bonds is 8. The van der Waals surface area contributed by atoms with Gasteiger partial charge in [0.15, 0.2) is 6.61 Å². The number of halogens is 1. The molecule has 0 saturated carbocycles. The summed E-state index contributed by atoms with van der Waals surface area (Å²) in [4.78, 5) is 23.5. The maximum absolute atomic E-state index is 12.2. The average Bonchev–Trinajstić information content (AvgIpc) is 2.62. The molecule has 6 nitrogen and oxygen atoms in total. The van der Waals surface area contributed by atoms with Gasteiger partial charge in [-0.2, -0.15) is 0 Å². The number of carbonyl (C=O) groups is 2. The molecular formula is C19H24ClN3O3. The van der Waals surface area contributed by atoms with Gasteiger partial charge in [0.2, 0.25) is 5.91 Å². The van der Waals surface area contributed by atoms with E-state index in [1.165, 1.54) is 0 Å². The number of ether oxygens (including phenoxy) is 1. The van der Waals surface area contributed by atoms with E-state index in [4.69, 9.17) is 10.5 Å². The minimum absolute atomic E-state index is 0. The van der Waals surface area contributed by atoms with Crippen molar-refractivity contribution in [2.24, 2.45) is 5.73 Å². The minimum Gasteiger partial charge on any atom is -0.484 e. The summed E-state index contributed by atoms with van der Waals surface area (Å²) in [6, 6.07) is 15.8. The van der Waals surface area contributed by atoms with Crippen LogP contribution in [0.5, 0.6) is 5.75 Å². The van der Waals surface area contributed by atoms with Crippen LogP contribution in [0.2, 0.25) is 0 Å². The van der Waals surface area contributed by atoms with Gasteiger partial charge in [0, 0.05) is 12.2 Å². The van der Waals surface area contributed by atoms with E-state index >= 15 is 0 Å². The number of hydrogen-bond donors (Lipinski definition) is 3. The standard InChI is InChI=1S/C19H23N3O3.ClH/c1-2-21-18(23)13-25-16-10-8-15(9-11-16)22-19(24)17(20)12-14-6-4-3-5-7-14;/h3-11,17H,2,12-13,20H2,1H3,(H,21,23)(H,22,24);1H. The average molecular weight is 378 g/mol. The van der Waals surface area contributed by atoms with Crippen molar-refractivity contribution in [2.45, 2.75) is 19.4 Å². The van der Waals surface area contributed by atoms with Crippen molar-refractivity contribution in [3.63, 3.8) is 0 Å². The number of carbonyl (C=O) groups excluding carboxylic acids is 2. The zero-order valence-electron chi connectivity index (χ0n) is 14.6. The van der Waals surface area contributed by atoms with Crippen LogP contribution in [0.4, 0.5) is 5.69 Å². The molecule has 1 atom stereocenters. The Kier molecular flexibility index (Phi) is 9.19. The van der Waals surface area contributed by atoms with Crippen LogP contribution in [-0.4, -0.2) is 31.0 Å². The Morgan fingerprint density at radius 3 is 2.35 bits per heavy atom. The summed E-state index contributed by atoms with van der Waals surface area (Å²) in [5.74, 6) is 0.129. The number of nitrogens with one attached hydrogen (secondary N) is 2. The Hall–Kier alpha value is -2.57. The van der Waals surface area contributed by atoms with Gasteiger partial charge in [0.25, 0.3) is 5.91 Å². The molecular weight excluding hydrogens is 354 g/mol. The van der Waals surface area contributed by atoms with E-state index in [2.05, 4.69) is 10.6 Å². The Bertz CT molecular complexity index is 693. The molecule has 2 aromatic rings. The van der Waals surface area contributed by atoms with Crippen molar-refractivity contribution in [3.8, 4) is 5.75 Å². The van der Waals surface area contributed by atoms with Gasteiger partial charge in [-0.05, 0) is 43.2 Å². The molecule has 2 rings (SSSR count). The first-order valence-corrected chi connectivity index (χ1v) is 8.18. The summed E-state index contributed by atoms with van der Waals surface area (Å²) in [6.45, 7) is 2.37. The van der Waals surface area contributed by atoms with Crippen LogP contribution >= 0.6 is 12.4 Å². The molecule has 0 saturated heterocycles. The summed E-state index contributed by atoms with van der Waals surface area (Å²) in [7, 11) is 0. The van der Waals surface area contributed by atoms with Gasteiger partial charge >= 0.3 is 0 Å². The fraction of sp³-hybridized carbons (Fsp3) is 0.263. The Labute approximate surface area is 159 Å². The second kappa shape index (κ2) is 11.1. The van der Waals surface area contributed by atoms with Crippen LogP contribution in [-0.2, 0) is 16.0 Å². The molecule has 0 radical (unpaired) electrons. The third kappa shape index (κ3) is 7.13. The maximum atomic E-state index is 12.2. The molecule has 0 aliphatic heterocycles. The summed E-state index contributed by atoms with van der Waals surface area (Å²) < 4.78 is 5.36. The van der Waals surface area contributed by atoms with Crippen LogP contribution in [0.1, 0.15) is 12.5 Å². The molecule has 0 aromatic heterocycles. The molecule has 0 aliphatic rings. The van der Waals surface area contributed by atoms with Gasteiger partial charge in [-0.1, -0.05) is 30.3 Å². The van der Waals surface area contributed by atoms with E-state index in [0.29, 0.717) is 24.4 Å². The summed E-state index contributed by atoms with van der Waals surface area (Å²) in [5, 5.41) is 5.43. The fourth-order valence-corrected chi connectivity index (χ4v) is 2.23. The van der Waals surface area contributed by atoms with Gasteiger partial charge in [-0.25, -0.2) is 0 Å². The number of hydrogen-bond acceptors (Lipinski definition) is 4. The summed E-state index contributed by atoms with van der Waals surface area (Å²) >= 11 is 0. The van der Waals surface area contributed by atoms with Gasteiger partial charge in [-0.3, -0.25) is 9.59 Å². The normalized spacial score (nSPS) is 11.0. The van der Waals surface area contributed by atoms with E-state index in [1.54, 1.807) is 24.3 Å². The Morgan fingerprint density at radius 2 is 1.73 bits per heavy atom. The van der Waals surface area contributed by atoms with E-state index in [-0.39, 0.29) is 30.8 Å². The molecule has 2 aromatic carbocycles. The van der Waals surface area contributed by atoms with Gasteiger partial charge in [-0.15, -0.1) is 12.4 Å². The molecule has 7 heteroatoms. The second-order valence-corrected chi connectivity index (χ2v) is 5.55. The van der Waals surface area contributed by atoms with Crippen molar-refractivity contribution in [3.05, 3.63) is 60.2 Å². The topological polar surface area (TPSA) is 93.5 Å². The number of nitrogens with two attached hydrogens (primary N) is 1. The van der Waals surface area contributed by atoms with Crippen molar-refractivity contribution in [1.82, 2.24) is 5.32 Å². The Balaban J connectivity index is 0.00000338. The summed E-state index contributed by atoms with van der Waals surface area (Å²) in [6.07, 6.45) is 0.473. The minimum atomic E-state index is -0.629. The molecule has 1 unspecified atom stereocenters. The number of likely N-dealkylation sites (N-methyl/N-ethyl adjacent to an activating group) is 1. The van der Waals surface area contributed by atoms with Crippen LogP contribution in [0.3, 0.4) is 0 Å². The van der Waals surface area contributed by atoms with E-state index < -0.39 is 6.04 Å². The van der Waals surface area contributed by atoms with Crippen LogP contribution in [0, 0.1) is 0 Å². The first-order valence-electron chi connectivity index (χ1n) is 8.18. The molecule has 0 fully saturated rings. The molecule has 2 amide bonds. The lowest BCUT2D eigenvalue weighted by Crippen LogP contribution is -2.37.